The number of rotatable bonds is 3. The van der Waals surface area contributed by atoms with Gasteiger partial charge in [-0.15, -0.1) is 0 Å². The Morgan fingerprint density at radius 2 is 2.32 bits per heavy atom. The zero-order chi connectivity index (χ0) is 13.8. The molecule has 1 atom stereocenters. The number of nitrogens with zero attached hydrogens (tertiary/aromatic N) is 1. The molecule has 5 heteroatoms. The predicted molar refractivity (Wildman–Crippen MR) is 71.3 cm³/mol. The molecule has 19 heavy (non-hydrogen) atoms. The zero-order valence-corrected chi connectivity index (χ0v) is 11.0. The van der Waals surface area contributed by atoms with E-state index in [0.717, 1.165) is 25.1 Å². The van der Waals surface area contributed by atoms with Crippen LogP contribution in [0.5, 0.6) is 0 Å². The lowest BCUT2D eigenvalue weighted by atomic mass is 9.96. The van der Waals surface area contributed by atoms with Crippen molar-refractivity contribution in [2.45, 2.75) is 19.4 Å². The van der Waals surface area contributed by atoms with Gasteiger partial charge in [0.15, 0.2) is 0 Å². The van der Waals surface area contributed by atoms with Crippen molar-refractivity contribution in [1.29, 1.82) is 0 Å². The van der Waals surface area contributed by atoms with Crippen molar-refractivity contribution >= 4 is 11.6 Å². The van der Waals surface area contributed by atoms with Crippen LogP contribution in [0.1, 0.15) is 18.4 Å². The van der Waals surface area contributed by atoms with Crippen LogP contribution in [0.2, 0.25) is 0 Å². The summed E-state index contributed by atoms with van der Waals surface area (Å²) in [6, 6.07) is 4.55. The largest absolute Gasteiger partial charge is 0.392 e. The molecular weight excluding hydrogens is 247 g/mol. The van der Waals surface area contributed by atoms with Crippen LogP contribution < -0.4 is 10.2 Å². The fourth-order valence-electron chi connectivity index (χ4n) is 2.54. The van der Waals surface area contributed by atoms with Gasteiger partial charge in [-0.2, -0.15) is 0 Å². The van der Waals surface area contributed by atoms with Crippen LogP contribution in [0.4, 0.5) is 10.1 Å². The van der Waals surface area contributed by atoms with Crippen molar-refractivity contribution in [3.8, 4) is 0 Å². The Labute approximate surface area is 112 Å². The second-order valence-corrected chi connectivity index (χ2v) is 4.88. The average molecular weight is 266 g/mol. The quantitative estimate of drug-likeness (QED) is 0.866. The van der Waals surface area contributed by atoms with Crippen LogP contribution in [-0.2, 0) is 11.4 Å². The summed E-state index contributed by atoms with van der Waals surface area (Å²) in [5, 5.41) is 11.8. The molecule has 2 rings (SSSR count). The Hall–Kier alpha value is -1.62. The minimum Gasteiger partial charge on any atom is -0.392 e. The van der Waals surface area contributed by atoms with Crippen LogP contribution in [0.25, 0.3) is 0 Å². The van der Waals surface area contributed by atoms with E-state index < -0.39 is 0 Å². The third-order valence-corrected chi connectivity index (χ3v) is 3.53. The standard InChI is InChI=1S/C14H19FN2O2/c1-16-14(19)11-3-2-4-17(8-11)13-6-10(9-18)5-12(15)7-13/h5-7,11,18H,2-4,8-9H2,1H3,(H,16,19). The van der Waals surface area contributed by atoms with Crippen molar-refractivity contribution in [2.75, 3.05) is 25.0 Å². The monoisotopic (exact) mass is 266 g/mol. The van der Waals surface area contributed by atoms with Gasteiger partial charge in [-0.25, -0.2) is 4.39 Å². The molecular formula is C14H19FN2O2. The minimum absolute atomic E-state index is 0.0310. The molecule has 4 nitrogen and oxygen atoms in total. The van der Waals surface area contributed by atoms with E-state index in [0.29, 0.717) is 12.1 Å². The predicted octanol–water partition coefficient (Wildman–Crippen LogP) is 1.28. The highest BCUT2D eigenvalue weighted by atomic mass is 19.1. The van der Waals surface area contributed by atoms with Gasteiger partial charge in [0.05, 0.1) is 12.5 Å². The molecule has 0 radical (unpaired) electrons. The van der Waals surface area contributed by atoms with Crippen LogP contribution in [0.3, 0.4) is 0 Å². The number of aliphatic hydroxyl groups is 1. The van der Waals surface area contributed by atoms with Gasteiger partial charge in [-0.05, 0) is 36.6 Å². The van der Waals surface area contributed by atoms with Crippen LogP contribution >= 0.6 is 0 Å². The number of piperidine rings is 1. The molecule has 1 amide bonds. The number of carbonyl (C=O) groups is 1. The van der Waals surface area contributed by atoms with E-state index in [1.807, 2.05) is 4.90 Å². The van der Waals surface area contributed by atoms with E-state index in [2.05, 4.69) is 5.32 Å². The number of amides is 1. The van der Waals surface area contributed by atoms with Crippen molar-refractivity contribution in [2.24, 2.45) is 5.92 Å². The van der Waals surface area contributed by atoms with Gasteiger partial charge >= 0.3 is 0 Å². The van der Waals surface area contributed by atoms with Crippen LogP contribution in [0.15, 0.2) is 18.2 Å². The molecule has 1 unspecified atom stereocenters. The molecule has 1 heterocycles. The SMILES string of the molecule is CNC(=O)C1CCCN(c2cc(F)cc(CO)c2)C1. The van der Waals surface area contributed by atoms with Gasteiger partial charge in [0.25, 0.3) is 0 Å². The Morgan fingerprint density at radius 1 is 1.53 bits per heavy atom. The molecule has 0 spiro atoms. The number of hydrogen-bond donors (Lipinski definition) is 2. The number of anilines is 1. The fourth-order valence-corrected chi connectivity index (χ4v) is 2.54. The van der Waals surface area contributed by atoms with Crippen molar-refractivity contribution in [3.05, 3.63) is 29.6 Å². The lowest BCUT2D eigenvalue weighted by Crippen LogP contribution is -2.42. The molecule has 2 N–H and O–H groups in total. The van der Waals surface area contributed by atoms with Gasteiger partial charge in [0.2, 0.25) is 5.91 Å². The first kappa shape index (κ1) is 13.8. The minimum atomic E-state index is -0.358. The maximum absolute atomic E-state index is 13.5. The second kappa shape index (κ2) is 6.02. The molecule has 1 aromatic carbocycles. The third kappa shape index (κ3) is 3.23. The van der Waals surface area contributed by atoms with Gasteiger partial charge in [0.1, 0.15) is 5.82 Å². The third-order valence-electron chi connectivity index (χ3n) is 3.53. The van der Waals surface area contributed by atoms with E-state index in [1.54, 1.807) is 13.1 Å². The van der Waals surface area contributed by atoms with Gasteiger partial charge in [0, 0.05) is 25.8 Å². The molecule has 0 aliphatic carbocycles. The lowest BCUT2D eigenvalue weighted by molar-refractivity contribution is -0.124. The topological polar surface area (TPSA) is 52.6 Å². The molecule has 0 bridgehead atoms. The number of nitrogens with one attached hydrogen (secondary N) is 1. The lowest BCUT2D eigenvalue weighted by Gasteiger charge is -2.33. The maximum Gasteiger partial charge on any atom is 0.224 e. The number of carbonyl (C=O) groups excluding carboxylic acids is 1. The first-order valence-electron chi connectivity index (χ1n) is 6.51. The summed E-state index contributed by atoms with van der Waals surface area (Å²) in [4.78, 5) is 13.7. The van der Waals surface area contributed by atoms with Crippen LogP contribution in [-0.4, -0.2) is 31.2 Å². The van der Waals surface area contributed by atoms with Gasteiger partial charge in [-0.1, -0.05) is 0 Å². The highest BCUT2D eigenvalue weighted by Crippen LogP contribution is 2.25. The Balaban J connectivity index is 2.17. The first-order chi connectivity index (χ1) is 9.13. The van der Waals surface area contributed by atoms with E-state index in [4.69, 9.17) is 5.11 Å². The molecule has 0 saturated carbocycles. The fraction of sp³-hybridized carbons (Fsp3) is 0.500. The Bertz CT molecular complexity index is 465. The average Bonchev–Trinajstić information content (AvgIpc) is 2.45. The number of benzene rings is 1. The molecule has 1 saturated heterocycles. The normalized spacial score (nSPS) is 19.3. The molecule has 1 fully saturated rings. The highest BCUT2D eigenvalue weighted by molar-refractivity contribution is 5.79. The van der Waals surface area contributed by atoms with E-state index in [9.17, 15) is 9.18 Å². The van der Waals surface area contributed by atoms with Crippen molar-refractivity contribution in [1.82, 2.24) is 5.32 Å². The van der Waals surface area contributed by atoms with E-state index in [-0.39, 0.29) is 24.2 Å². The number of hydrogen-bond acceptors (Lipinski definition) is 3. The Kier molecular flexibility index (Phi) is 4.37. The highest BCUT2D eigenvalue weighted by Gasteiger charge is 2.25. The second-order valence-electron chi connectivity index (χ2n) is 4.88. The van der Waals surface area contributed by atoms with Gasteiger partial charge in [-0.3, -0.25) is 4.79 Å². The summed E-state index contributed by atoms with van der Waals surface area (Å²) >= 11 is 0. The van der Waals surface area contributed by atoms with Crippen molar-refractivity contribution in [3.63, 3.8) is 0 Å². The molecule has 104 valence electrons. The molecule has 1 aromatic rings. The van der Waals surface area contributed by atoms with E-state index in [1.165, 1.54) is 12.1 Å². The summed E-state index contributed by atoms with van der Waals surface area (Å²) in [7, 11) is 1.63. The summed E-state index contributed by atoms with van der Waals surface area (Å²) < 4.78 is 13.5. The van der Waals surface area contributed by atoms with Crippen molar-refractivity contribution < 1.29 is 14.3 Å². The van der Waals surface area contributed by atoms with Crippen LogP contribution in [0, 0.1) is 11.7 Å². The smallest absolute Gasteiger partial charge is 0.224 e. The first-order valence-corrected chi connectivity index (χ1v) is 6.51. The molecule has 1 aliphatic heterocycles. The van der Waals surface area contributed by atoms with Gasteiger partial charge < -0.3 is 15.3 Å². The van der Waals surface area contributed by atoms with E-state index >= 15 is 0 Å². The molecule has 0 aromatic heterocycles. The maximum atomic E-state index is 13.5. The summed E-state index contributed by atoms with van der Waals surface area (Å²) in [5.41, 5.74) is 1.29. The molecule has 1 aliphatic rings. The number of aliphatic hydroxyl groups excluding tert-OH is 1. The zero-order valence-electron chi connectivity index (χ0n) is 11.0. The Morgan fingerprint density at radius 3 is 3.00 bits per heavy atom. The summed E-state index contributed by atoms with van der Waals surface area (Å²) in [5.74, 6) is -0.383. The number of halogens is 1. The summed E-state index contributed by atoms with van der Waals surface area (Å²) in [6.45, 7) is 1.22. The summed E-state index contributed by atoms with van der Waals surface area (Å²) in [6.07, 6.45) is 1.77.